The van der Waals surface area contributed by atoms with E-state index in [1.54, 1.807) is 0 Å². The SMILES string of the molecule is c1cc(-c2ccc3oc4cccc(-c5nc(-c6cccc7c6oc6ccccc67)nc(-c6cccc7oc8ccccc8c67)n5)c4c3c2)cc(-c2cccc3c2C2(c4ccccc4-c4ccccc42)c2ccccc2-3)c1. The van der Waals surface area contributed by atoms with E-state index < -0.39 is 5.41 Å². The van der Waals surface area contributed by atoms with E-state index in [2.05, 4.69) is 164 Å². The molecule has 0 amide bonds. The molecule has 0 unspecified atom stereocenters. The quantitative estimate of drug-likeness (QED) is 0.171. The minimum atomic E-state index is -0.469. The van der Waals surface area contributed by atoms with Gasteiger partial charge in [0.1, 0.15) is 33.5 Å². The molecule has 0 saturated carbocycles. The van der Waals surface area contributed by atoms with E-state index in [0.29, 0.717) is 17.5 Å². The largest absolute Gasteiger partial charge is 0.456 e. The first-order valence-corrected chi connectivity index (χ1v) is 25.7. The van der Waals surface area contributed by atoms with Crippen molar-refractivity contribution in [2.45, 2.75) is 5.41 Å². The maximum absolute atomic E-state index is 6.71. The molecule has 4 heterocycles. The second-order valence-corrected chi connectivity index (χ2v) is 20.1. The molecule has 4 aromatic heterocycles. The Hall–Kier alpha value is -10.2. The average molecular weight is 970 g/mol. The fourth-order valence-electron chi connectivity index (χ4n) is 13.1. The molecule has 1 spiro atoms. The summed E-state index contributed by atoms with van der Waals surface area (Å²) >= 11 is 0. The Morgan fingerprint density at radius 1 is 0.263 bits per heavy atom. The molecule has 6 heteroatoms. The lowest BCUT2D eigenvalue weighted by molar-refractivity contribution is 0.668. The molecule has 0 bridgehead atoms. The number of nitrogens with zero attached hydrogens (tertiary/aromatic N) is 3. The van der Waals surface area contributed by atoms with Gasteiger partial charge in [0.05, 0.1) is 11.0 Å². The standard InChI is InChI=1S/C70H39N3O3/c1-6-29-55-44(18-1)45-19-2-7-30-56(45)70(55)57-31-8-3-20-46(57)48-24-12-23-43(65(48)70)42-17-11-16-40(38-42)41-36-37-60-54(39-41)64-52(27-15-35-62(64)75-60)68-71-67(51-26-14-34-61-63(51)50-22-5-10-33-59(50)74-61)72-69(73-68)53-28-13-25-49-47-21-4-9-32-58(47)76-66(49)53/h1-39H. The van der Waals surface area contributed by atoms with Crippen LogP contribution in [0.3, 0.4) is 0 Å². The van der Waals surface area contributed by atoms with E-state index in [1.165, 1.54) is 50.1 Å². The molecular weight excluding hydrogens is 931 g/mol. The van der Waals surface area contributed by atoms with Crippen LogP contribution in [0.4, 0.5) is 0 Å². The zero-order valence-corrected chi connectivity index (χ0v) is 40.6. The number of para-hydroxylation sites is 3. The van der Waals surface area contributed by atoms with Gasteiger partial charge in [-0.05, 0) is 115 Å². The summed E-state index contributed by atoms with van der Waals surface area (Å²) in [5.41, 5.74) is 21.6. The predicted molar refractivity (Wildman–Crippen MR) is 305 cm³/mol. The summed E-state index contributed by atoms with van der Waals surface area (Å²) in [6.07, 6.45) is 0. The number of furan rings is 3. The van der Waals surface area contributed by atoms with Crippen LogP contribution in [0.1, 0.15) is 22.3 Å². The van der Waals surface area contributed by atoms with Gasteiger partial charge in [-0.3, -0.25) is 0 Å². The summed E-state index contributed by atoms with van der Waals surface area (Å²) in [4.78, 5) is 16.1. The molecular formula is C70H39N3O3. The first-order chi connectivity index (χ1) is 37.7. The highest BCUT2D eigenvalue weighted by atomic mass is 16.3. The smallest absolute Gasteiger partial charge is 0.167 e. The third-order valence-electron chi connectivity index (χ3n) is 16.2. The van der Waals surface area contributed by atoms with Crippen LogP contribution in [0.2, 0.25) is 0 Å². The van der Waals surface area contributed by atoms with Gasteiger partial charge in [0, 0.05) is 43.4 Å². The van der Waals surface area contributed by atoms with E-state index in [9.17, 15) is 0 Å². The predicted octanol–water partition coefficient (Wildman–Crippen LogP) is 18.2. The van der Waals surface area contributed by atoms with Crippen LogP contribution in [-0.4, -0.2) is 15.0 Å². The highest BCUT2D eigenvalue weighted by molar-refractivity contribution is 6.15. The fourth-order valence-corrected chi connectivity index (χ4v) is 13.1. The van der Waals surface area contributed by atoms with Gasteiger partial charge >= 0.3 is 0 Å². The molecule has 2 aliphatic carbocycles. The second-order valence-electron chi connectivity index (χ2n) is 20.1. The molecule has 352 valence electrons. The highest BCUT2D eigenvalue weighted by Gasteiger charge is 2.52. The van der Waals surface area contributed by atoms with Gasteiger partial charge in [0.2, 0.25) is 0 Å². The molecule has 0 fully saturated rings. The molecule has 0 N–H and O–H groups in total. The number of aromatic nitrogens is 3. The van der Waals surface area contributed by atoms with Crippen LogP contribution in [0.25, 0.3) is 144 Å². The minimum absolute atomic E-state index is 0.469. The van der Waals surface area contributed by atoms with Crippen LogP contribution < -0.4 is 0 Å². The van der Waals surface area contributed by atoms with Gasteiger partial charge in [0.15, 0.2) is 17.5 Å². The molecule has 76 heavy (non-hydrogen) atoms. The van der Waals surface area contributed by atoms with Gasteiger partial charge in [-0.15, -0.1) is 0 Å². The lowest BCUT2D eigenvalue weighted by Crippen LogP contribution is -2.26. The van der Waals surface area contributed by atoms with E-state index >= 15 is 0 Å². The van der Waals surface area contributed by atoms with Gasteiger partial charge in [-0.1, -0.05) is 188 Å². The summed E-state index contributed by atoms with van der Waals surface area (Å²) in [6.45, 7) is 0. The van der Waals surface area contributed by atoms with Crippen LogP contribution >= 0.6 is 0 Å². The second kappa shape index (κ2) is 15.4. The molecule has 15 aromatic rings. The van der Waals surface area contributed by atoms with Crippen LogP contribution in [0.5, 0.6) is 0 Å². The first-order valence-electron chi connectivity index (χ1n) is 25.7. The molecule has 17 rings (SSSR count). The Kier molecular flexibility index (Phi) is 8.39. The number of rotatable bonds is 5. The third kappa shape index (κ3) is 5.62. The maximum atomic E-state index is 6.71. The van der Waals surface area contributed by atoms with E-state index in [0.717, 1.165) is 99.2 Å². The lowest BCUT2D eigenvalue weighted by atomic mass is 9.68. The third-order valence-corrected chi connectivity index (χ3v) is 16.2. The van der Waals surface area contributed by atoms with E-state index in [1.807, 2.05) is 72.8 Å². The summed E-state index contributed by atoms with van der Waals surface area (Å²) in [5.74, 6) is 1.54. The topological polar surface area (TPSA) is 78.1 Å². The zero-order chi connectivity index (χ0) is 49.6. The molecule has 11 aromatic carbocycles. The molecule has 0 radical (unpaired) electrons. The summed E-state index contributed by atoms with van der Waals surface area (Å²) in [6, 6.07) is 84.0. The molecule has 0 saturated heterocycles. The summed E-state index contributed by atoms with van der Waals surface area (Å²) < 4.78 is 19.7. The van der Waals surface area contributed by atoms with Gasteiger partial charge in [0.25, 0.3) is 0 Å². The van der Waals surface area contributed by atoms with Crippen molar-refractivity contribution in [3.63, 3.8) is 0 Å². The van der Waals surface area contributed by atoms with Gasteiger partial charge in [-0.25, -0.2) is 15.0 Å². The Morgan fingerprint density at radius 3 is 1.39 bits per heavy atom. The number of hydrogen-bond donors (Lipinski definition) is 0. The minimum Gasteiger partial charge on any atom is -0.456 e. The average Bonchev–Trinajstić information content (AvgIpc) is 4.45. The van der Waals surface area contributed by atoms with Crippen molar-refractivity contribution < 1.29 is 13.3 Å². The monoisotopic (exact) mass is 969 g/mol. The van der Waals surface area contributed by atoms with Crippen molar-refractivity contribution >= 4 is 65.8 Å². The Balaban J connectivity index is 0.854. The van der Waals surface area contributed by atoms with Crippen LogP contribution in [-0.2, 0) is 5.41 Å². The lowest BCUT2D eigenvalue weighted by Gasteiger charge is -2.32. The number of fused-ring (bicyclic) bond motifs is 19. The molecule has 6 nitrogen and oxygen atoms in total. The normalized spacial score (nSPS) is 13.1. The van der Waals surface area contributed by atoms with Gasteiger partial charge in [-0.2, -0.15) is 0 Å². The molecule has 0 atom stereocenters. The zero-order valence-electron chi connectivity index (χ0n) is 40.6. The van der Waals surface area contributed by atoms with Crippen molar-refractivity contribution in [3.8, 4) is 78.7 Å². The van der Waals surface area contributed by atoms with Crippen LogP contribution in [0, 0.1) is 0 Å². The highest BCUT2D eigenvalue weighted by Crippen LogP contribution is 2.64. The fraction of sp³-hybridized carbons (Fsp3) is 0.0143. The Morgan fingerprint density at radius 2 is 0.697 bits per heavy atom. The molecule has 0 aliphatic heterocycles. The van der Waals surface area contributed by atoms with Crippen molar-refractivity contribution in [3.05, 3.63) is 259 Å². The van der Waals surface area contributed by atoms with E-state index in [-0.39, 0.29) is 0 Å². The number of hydrogen-bond acceptors (Lipinski definition) is 6. The number of benzene rings is 11. The summed E-state index contributed by atoms with van der Waals surface area (Å²) in [7, 11) is 0. The first kappa shape index (κ1) is 41.3. The summed E-state index contributed by atoms with van der Waals surface area (Å²) in [5, 5.41) is 5.85. The van der Waals surface area contributed by atoms with Gasteiger partial charge < -0.3 is 13.3 Å². The molecule has 2 aliphatic rings. The maximum Gasteiger partial charge on any atom is 0.167 e. The van der Waals surface area contributed by atoms with Crippen molar-refractivity contribution in [2.75, 3.05) is 0 Å². The van der Waals surface area contributed by atoms with Crippen molar-refractivity contribution in [1.29, 1.82) is 0 Å². The van der Waals surface area contributed by atoms with E-state index in [4.69, 9.17) is 28.2 Å². The van der Waals surface area contributed by atoms with Crippen molar-refractivity contribution in [1.82, 2.24) is 15.0 Å². The Labute approximate surface area is 434 Å². The Bertz CT molecular complexity index is 4910. The van der Waals surface area contributed by atoms with Crippen molar-refractivity contribution in [2.24, 2.45) is 0 Å². The van der Waals surface area contributed by atoms with Crippen LogP contribution in [0.15, 0.2) is 250 Å².